The Balaban J connectivity index is 2.08. The molecule has 0 bridgehead atoms. The Kier molecular flexibility index (Phi) is 3.07. The van der Waals surface area contributed by atoms with Crippen LogP contribution in [0.4, 0.5) is 5.69 Å². The summed E-state index contributed by atoms with van der Waals surface area (Å²) in [4.78, 5) is 0. The number of hydrazone groups is 1. The average molecular weight is 221 g/mol. The lowest BCUT2D eigenvalue weighted by molar-refractivity contribution is 1.05. The second-order valence-electron chi connectivity index (χ2n) is 3.69. The Bertz CT molecular complexity index is 421. The van der Waals surface area contributed by atoms with Crippen molar-refractivity contribution >= 4 is 23.0 Å². The molecule has 1 N–H and O–H groups in total. The van der Waals surface area contributed by atoms with E-state index in [0.717, 1.165) is 24.2 Å². The zero-order valence-corrected chi connectivity index (χ0v) is 9.38. The van der Waals surface area contributed by atoms with Crippen molar-refractivity contribution in [3.63, 3.8) is 0 Å². The normalized spacial score (nSPS) is 18.0. The first-order valence-corrected chi connectivity index (χ1v) is 5.38. The van der Waals surface area contributed by atoms with Crippen LogP contribution < -0.4 is 5.43 Å². The summed E-state index contributed by atoms with van der Waals surface area (Å²) in [5.74, 6) is 0. The van der Waals surface area contributed by atoms with Crippen molar-refractivity contribution in [3.8, 4) is 0 Å². The molecule has 3 heteroatoms. The molecule has 1 aromatic carbocycles. The fraction of sp³-hybridized carbons (Fsp3) is 0.250. The Morgan fingerprint density at radius 3 is 2.73 bits per heavy atom. The molecule has 2 nitrogen and oxygen atoms in total. The summed E-state index contributed by atoms with van der Waals surface area (Å²) in [6, 6.07) is 7.60. The third-order valence-electron chi connectivity index (χ3n) is 2.38. The van der Waals surface area contributed by atoms with Gasteiger partial charge >= 0.3 is 0 Å². The SMILES string of the molecule is CC1=C/C(=N/Nc2ccccc2Cl)CC1. The van der Waals surface area contributed by atoms with Gasteiger partial charge < -0.3 is 0 Å². The van der Waals surface area contributed by atoms with E-state index in [2.05, 4.69) is 23.5 Å². The molecular formula is C12H13ClN2. The Labute approximate surface area is 94.6 Å². The summed E-state index contributed by atoms with van der Waals surface area (Å²) in [6.45, 7) is 2.12. The summed E-state index contributed by atoms with van der Waals surface area (Å²) in [5, 5.41) is 5.01. The van der Waals surface area contributed by atoms with Crippen LogP contribution in [0, 0.1) is 0 Å². The van der Waals surface area contributed by atoms with Crippen LogP contribution in [0.5, 0.6) is 0 Å². The zero-order chi connectivity index (χ0) is 10.7. The summed E-state index contributed by atoms with van der Waals surface area (Å²) < 4.78 is 0. The molecule has 0 spiro atoms. The van der Waals surface area contributed by atoms with Gasteiger partial charge in [0, 0.05) is 0 Å². The van der Waals surface area contributed by atoms with Crippen molar-refractivity contribution in [2.45, 2.75) is 19.8 Å². The van der Waals surface area contributed by atoms with Crippen molar-refractivity contribution in [2.24, 2.45) is 5.10 Å². The number of hydrogen-bond acceptors (Lipinski definition) is 2. The van der Waals surface area contributed by atoms with Gasteiger partial charge in [-0.25, -0.2) is 0 Å². The van der Waals surface area contributed by atoms with Crippen LogP contribution in [0.2, 0.25) is 5.02 Å². The van der Waals surface area contributed by atoms with Gasteiger partial charge in [0.1, 0.15) is 0 Å². The highest BCUT2D eigenvalue weighted by Gasteiger charge is 2.06. The maximum absolute atomic E-state index is 5.99. The first-order valence-electron chi connectivity index (χ1n) is 5.00. The predicted octanol–water partition coefficient (Wildman–Crippen LogP) is 3.85. The maximum Gasteiger partial charge on any atom is 0.0748 e. The fourth-order valence-corrected chi connectivity index (χ4v) is 1.70. The maximum atomic E-state index is 5.99. The molecule has 0 aromatic heterocycles. The fourth-order valence-electron chi connectivity index (χ4n) is 1.53. The van der Waals surface area contributed by atoms with E-state index in [1.165, 1.54) is 5.57 Å². The number of para-hydroxylation sites is 1. The number of halogens is 1. The Morgan fingerprint density at radius 2 is 2.07 bits per heavy atom. The lowest BCUT2D eigenvalue weighted by Crippen LogP contribution is -1.95. The largest absolute Gasteiger partial charge is 0.277 e. The lowest BCUT2D eigenvalue weighted by atomic mass is 10.3. The van der Waals surface area contributed by atoms with Crippen molar-refractivity contribution in [1.82, 2.24) is 0 Å². The number of rotatable bonds is 2. The zero-order valence-electron chi connectivity index (χ0n) is 8.63. The quantitative estimate of drug-likeness (QED) is 0.753. The van der Waals surface area contributed by atoms with Gasteiger partial charge in [-0.15, -0.1) is 0 Å². The molecule has 0 radical (unpaired) electrons. The molecule has 1 aromatic rings. The van der Waals surface area contributed by atoms with Gasteiger partial charge in [-0.3, -0.25) is 5.43 Å². The molecule has 0 saturated heterocycles. The minimum atomic E-state index is 0.695. The predicted molar refractivity (Wildman–Crippen MR) is 65.5 cm³/mol. The molecule has 15 heavy (non-hydrogen) atoms. The number of hydrogen-bond donors (Lipinski definition) is 1. The van der Waals surface area contributed by atoms with E-state index >= 15 is 0 Å². The van der Waals surface area contributed by atoms with Crippen molar-refractivity contribution in [3.05, 3.63) is 40.9 Å². The van der Waals surface area contributed by atoms with Gasteiger partial charge in [-0.1, -0.05) is 29.3 Å². The molecule has 0 atom stereocenters. The van der Waals surface area contributed by atoms with Crippen molar-refractivity contribution < 1.29 is 0 Å². The van der Waals surface area contributed by atoms with Crippen LogP contribution >= 0.6 is 11.6 Å². The van der Waals surface area contributed by atoms with Crippen molar-refractivity contribution in [2.75, 3.05) is 5.43 Å². The third kappa shape index (κ3) is 2.60. The average Bonchev–Trinajstić information content (AvgIpc) is 2.63. The van der Waals surface area contributed by atoms with Crippen LogP contribution in [0.1, 0.15) is 19.8 Å². The molecule has 0 saturated carbocycles. The molecule has 2 rings (SSSR count). The molecular weight excluding hydrogens is 208 g/mol. The van der Waals surface area contributed by atoms with E-state index in [0.29, 0.717) is 5.02 Å². The molecule has 78 valence electrons. The molecule has 1 aliphatic rings. The second kappa shape index (κ2) is 4.49. The first kappa shape index (κ1) is 10.2. The number of allylic oxidation sites excluding steroid dienone is 2. The van der Waals surface area contributed by atoms with Gasteiger partial charge in [-0.2, -0.15) is 5.10 Å². The first-order chi connectivity index (χ1) is 7.25. The lowest BCUT2D eigenvalue weighted by Gasteiger charge is -2.02. The van der Waals surface area contributed by atoms with Crippen LogP contribution in [-0.4, -0.2) is 5.71 Å². The Hall–Kier alpha value is -1.28. The number of nitrogens with one attached hydrogen (secondary N) is 1. The van der Waals surface area contributed by atoms with Crippen molar-refractivity contribution in [1.29, 1.82) is 0 Å². The van der Waals surface area contributed by atoms with Crippen LogP contribution in [0.3, 0.4) is 0 Å². The Morgan fingerprint density at radius 1 is 1.27 bits per heavy atom. The molecule has 0 aliphatic heterocycles. The summed E-state index contributed by atoms with van der Waals surface area (Å²) >= 11 is 5.99. The van der Waals surface area contributed by atoms with E-state index in [9.17, 15) is 0 Å². The van der Waals surface area contributed by atoms with E-state index in [1.807, 2.05) is 24.3 Å². The highest BCUT2D eigenvalue weighted by molar-refractivity contribution is 6.33. The minimum absolute atomic E-state index is 0.695. The summed E-state index contributed by atoms with van der Waals surface area (Å²) in [7, 11) is 0. The molecule has 0 fully saturated rings. The summed E-state index contributed by atoms with van der Waals surface area (Å²) in [6.07, 6.45) is 4.25. The topological polar surface area (TPSA) is 24.4 Å². The highest BCUT2D eigenvalue weighted by Crippen LogP contribution is 2.21. The monoisotopic (exact) mass is 220 g/mol. The molecule has 1 aliphatic carbocycles. The van der Waals surface area contributed by atoms with Crippen LogP contribution in [0.15, 0.2) is 41.0 Å². The minimum Gasteiger partial charge on any atom is -0.277 e. The molecule has 0 amide bonds. The van der Waals surface area contributed by atoms with Gasteiger partial charge in [0.2, 0.25) is 0 Å². The van der Waals surface area contributed by atoms with Crippen LogP contribution in [0.25, 0.3) is 0 Å². The standard InChI is InChI=1S/C12H13ClN2/c1-9-6-7-10(8-9)14-15-12-5-3-2-4-11(12)13/h2-5,8,15H,6-7H2,1H3/b14-10+. The van der Waals surface area contributed by atoms with Gasteiger partial charge in [0.15, 0.2) is 0 Å². The number of benzene rings is 1. The van der Waals surface area contributed by atoms with Gasteiger partial charge in [0.25, 0.3) is 0 Å². The van der Waals surface area contributed by atoms with E-state index in [-0.39, 0.29) is 0 Å². The third-order valence-corrected chi connectivity index (χ3v) is 2.71. The molecule has 0 heterocycles. The van der Waals surface area contributed by atoms with E-state index < -0.39 is 0 Å². The van der Waals surface area contributed by atoms with Gasteiger partial charge in [0.05, 0.1) is 16.4 Å². The summed E-state index contributed by atoms with van der Waals surface area (Å²) in [5.41, 5.74) is 6.31. The smallest absolute Gasteiger partial charge is 0.0748 e. The number of anilines is 1. The van der Waals surface area contributed by atoms with E-state index in [4.69, 9.17) is 11.6 Å². The highest BCUT2D eigenvalue weighted by atomic mass is 35.5. The van der Waals surface area contributed by atoms with Gasteiger partial charge in [-0.05, 0) is 38.0 Å². The van der Waals surface area contributed by atoms with Crippen LogP contribution in [-0.2, 0) is 0 Å². The number of nitrogens with zero attached hydrogens (tertiary/aromatic N) is 1. The van der Waals surface area contributed by atoms with E-state index in [1.54, 1.807) is 0 Å². The molecule has 0 unspecified atom stereocenters. The second-order valence-corrected chi connectivity index (χ2v) is 4.09.